The third kappa shape index (κ3) is 3.52. The summed E-state index contributed by atoms with van der Waals surface area (Å²) in [5, 5.41) is 3.11. The topological polar surface area (TPSA) is 61.7 Å². The first-order chi connectivity index (χ1) is 7.54. The van der Waals surface area contributed by atoms with Gasteiger partial charge in [0.2, 0.25) is 0 Å². The molecule has 0 aromatic carbocycles. The lowest BCUT2D eigenvalue weighted by molar-refractivity contribution is -0.141. The van der Waals surface area contributed by atoms with Crippen molar-refractivity contribution < 1.29 is 13.2 Å². The minimum absolute atomic E-state index is 0.0111. The van der Waals surface area contributed by atoms with Crippen LogP contribution in [0.25, 0.3) is 10.4 Å². The molecular formula is C9H5F3N4. The van der Waals surface area contributed by atoms with E-state index >= 15 is 0 Å². The van der Waals surface area contributed by atoms with Gasteiger partial charge in [0.25, 0.3) is 0 Å². The number of aromatic nitrogens is 1. The second-order valence-electron chi connectivity index (χ2n) is 2.60. The van der Waals surface area contributed by atoms with Crippen LogP contribution in [0, 0.1) is 11.8 Å². The molecule has 82 valence electrons. The third-order valence-electron chi connectivity index (χ3n) is 1.47. The molecule has 0 aliphatic rings. The van der Waals surface area contributed by atoms with Gasteiger partial charge in [0.1, 0.15) is 11.4 Å². The molecular weight excluding hydrogens is 221 g/mol. The van der Waals surface area contributed by atoms with Crippen molar-refractivity contribution in [1.29, 1.82) is 0 Å². The normalized spacial score (nSPS) is 9.94. The van der Waals surface area contributed by atoms with Crippen molar-refractivity contribution in [3.05, 3.63) is 40.0 Å². The van der Waals surface area contributed by atoms with Crippen LogP contribution in [-0.4, -0.2) is 11.5 Å². The zero-order chi connectivity index (χ0) is 12.0. The van der Waals surface area contributed by atoms with E-state index in [1.807, 2.05) is 0 Å². The van der Waals surface area contributed by atoms with Crippen LogP contribution in [0.2, 0.25) is 0 Å². The molecule has 1 heterocycles. The molecule has 0 atom stereocenters. The van der Waals surface area contributed by atoms with Crippen LogP contribution < -0.4 is 0 Å². The van der Waals surface area contributed by atoms with Gasteiger partial charge in [-0.1, -0.05) is 17.1 Å². The largest absolute Gasteiger partial charge is 0.433 e. The number of hydrogen-bond donors (Lipinski definition) is 0. The molecule has 0 saturated heterocycles. The molecule has 0 spiro atoms. The van der Waals surface area contributed by atoms with Gasteiger partial charge in [-0.2, -0.15) is 13.2 Å². The standard InChI is InChI=1S/C9H5F3N4/c10-9(11,12)8-5-1-3-7(15-8)4-2-6-14-16-13/h1,3,5H,6H2. The van der Waals surface area contributed by atoms with E-state index in [2.05, 4.69) is 26.9 Å². The second-order valence-corrected chi connectivity index (χ2v) is 2.60. The minimum atomic E-state index is -4.48. The lowest BCUT2D eigenvalue weighted by atomic mass is 10.3. The molecule has 7 heteroatoms. The number of halogens is 3. The molecule has 0 amide bonds. The summed E-state index contributed by atoms with van der Waals surface area (Å²) in [5.41, 5.74) is 6.93. The Morgan fingerprint density at radius 3 is 2.81 bits per heavy atom. The van der Waals surface area contributed by atoms with Crippen molar-refractivity contribution in [2.24, 2.45) is 5.11 Å². The van der Waals surface area contributed by atoms with Crippen LogP contribution >= 0.6 is 0 Å². The smallest absolute Gasteiger partial charge is 0.235 e. The summed E-state index contributed by atoms with van der Waals surface area (Å²) in [6, 6.07) is 3.42. The minimum Gasteiger partial charge on any atom is -0.235 e. The van der Waals surface area contributed by atoms with Gasteiger partial charge in [0.15, 0.2) is 0 Å². The molecule has 0 aliphatic heterocycles. The summed E-state index contributed by atoms with van der Waals surface area (Å²) < 4.78 is 36.7. The van der Waals surface area contributed by atoms with Gasteiger partial charge in [0.05, 0.1) is 6.54 Å². The van der Waals surface area contributed by atoms with E-state index in [-0.39, 0.29) is 12.2 Å². The predicted molar refractivity (Wildman–Crippen MR) is 50.1 cm³/mol. The average Bonchev–Trinajstić information content (AvgIpc) is 2.24. The lowest BCUT2D eigenvalue weighted by Crippen LogP contribution is -2.08. The Morgan fingerprint density at radius 2 is 2.19 bits per heavy atom. The van der Waals surface area contributed by atoms with Gasteiger partial charge in [-0.15, -0.1) is 0 Å². The Morgan fingerprint density at radius 1 is 1.44 bits per heavy atom. The van der Waals surface area contributed by atoms with E-state index in [0.717, 1.165) is 6.07 Å². The molecule has 0 unspecified atom stereocenters. The summed E-state index contributed by atoms with van der Waals surface area (Å²) in [5.74, 6) is 4.75. The predicted octanol–water partition coefficient (Wildman–Crippen LogP) is 2.76. The van der Waals surface area contributed by atoms with E-state index < -0.39 is 11.9 Å². The van der Waals surface area contributed by atoms with Crippen LogP contribution in [0.3, 0.4) is 0 Å². The first kappa shape index (κ1) is 11.9. The number of alkyl halides is 3. The lowest BCUT2D eigenvalue weighted by Gasteiger charge is -2.04. The Balaban J connectivity index is 2.89. The van der Waals surface area contributed by atoms with Crippen molar-refractivity contribution in [3.63, 3.8) is 0 Å². The second kappa shape index (κ2) is 5.05. The SMILES string of the molecule is [N-]=[N+]=NCC#Cc1cccc(C(F)(F)F)n1. The molecule has 0 saturated carbocycles. The van der Waals surface area contributed by atoms with Gasteiger partial charge in [-0.3, -0.25) is 0 Å². The van der Waals surface area contributed by atoms with Gasteiger partial charge >= 0.3 is 6.18 Å². The molecule has 4 nitrogen and oxygen atoms in total. The van der Waals surface area contributed by atoms with Crippen LogP contribution in [0.5, 0.6) is 0 Å². The number of azide groups is 1. The fourth-order valence-corrected chi connectivity index (χ4v) is 0.859. The first-order valence-electron chi connectivity index (χ1n) is 4.08. The quantitative estimate of drug-likeness (QED) is 0.314. The van der Waals surface area contributed by atoms with E-state index in [4.69, 9.17) is 5.53 Å². The summed E-state index contributed by atoms with van der Waals surface area (Å²) in [6.45, 7) is -0.103. The summed E-state index contributed by atoms with van der Waals surface area (Å²) in [4.78, 5) is 5.75. The molecule has 16 heavy (non-hydrogen) atoms. The highest BCUT2D eigenvalue weighted by molar-refractivity contribution is 5.29. The highest BCUT2D eigenvalue weighted by Gasteiger charge is 2.32. The molecule has 0 radical (unpaired) electrons. The highest BCUT2D eigenvalue weighted by Crippen LogP contribution is 2.27. The van der Waals surface area contributed by atoms with Gasteiger partial charge < -0.3 is 0 Å². The Kier molecular flexibility index (Phi) is 3.75. The van der Waals surface area contributed by atoms with Crippen LogP contribution in [-0.2, 0) is 6.18 Å². The average molecular weight is 226 g/mol. The summed E-state index contributed by atoms with van der Waals surface area (Å²) >= 11 is 0. The summed E-state index contributed by atoms with van der Waals surface area (Å²) in [7, 11) is 0. The third-order valence-corrected chi connectivity index (χ3v) is 1.47. The van der Waals surface area contributed by atoms with Crippen LogP contribution in [0.15, 0.2) is 23.3 Å². The number of pyridine rings is 1. The van der Waals surface area contributed by atoms with Gasteiger partial charge in [-0.25, -0.2) is 4.98 Å². The maximum atomic E-state index is 12.2. The number of nitrogens with zero attached hydrogens (tertiary/aromatic N) is 4. The monoisotopic (exact) mass is 226 g/mol. The van der Waals surface area contributed by atoms with Crippen molar-refractivity contribution >= 4 is 0 Å². The first-order valence-corrected chi connectivity index (χ1v) is 4.08. The van der Waals surface area contributed by atoms with E-state index in [0.29, 0.717) is 0 Å². The highest BCUT2D eigenvalue weighted by atomic mass is 19.4. The van der Waals surface area contributed by atoms with Crippen LogP contribution in [0.1, 0.15) is 11.4 Å². The maximum Gasteiger partial charge on any atom is 0.433 e. The molecule has 0 fully saturated rings. The van der Waals surface area contributed by atoms with Crippen molar-refractivity contribution in [2.75, 3.05) is 6.54 Å². The van der Waals surface area contributed by atoms with Gasteiger partial charge in [-0.05, 0) is 23.6 Å². The Labute approximate surface area is 88.7 Å². The molecule has 0 N–H and O–H groups in total. The van der Waals surface area contributed by atoms with E-state index in [1.54, 1.807) is 0 Å². The van der Waals surface area contributed by atoms with Crippen molar-refractivity contribution in [2.45, 2.75) is 6.18 Å². The van der Waals surface area contributed by atoms with Gasteiger partial charge in [0, 0.05) is 4.91 Å². The number of hydrogen-bond acceptors (Lipinski definition) is 2. The van der Waals surface area contributed by atoms with E-state index in [1.165, 1.54) is 12.1 Å². The zero-order valence-electron chi connectivity index (χ0n) is 7.86. The Hall–Kier alpha value is -2.19. The zero-order valence-corrected chi connectivity index (χ0v) is 7.86. The van der Waals surface area contributed by atoms with E-state index in [9.17, 15) is 13.2 Å². The molecule has 1 aromatic heterocycles. The molecule has 0 bridgehead atoms. The fraction of sp³-hybridized carbons (Fsp3) is 0.222. The Bertz CT molecular complexity index is 478. The van der Waals surface area contributed by atoms with Crippen molar-refractivity contribution in [1.82, 2.24) is 4.98 Å². The maximum absolute atomic E-state index is 12.2. The van der Waals surface area contributed by atoms with Crippen molar-refractivity contribution in [3.8, 4) is 11.8 Å². The molecule has 0 aliphatic carbocycles. The number of rotatable bonds is 1. The van der Waals surface area contributed by atoms with Crippen LogP contribution in [0.4, 0.5) is 13.2 Å². The molecule has 1 rings (SSSR count). The fourth-order valence-electron chi connectivity index (χ4n) is 0.859. The summed E-state index contributed by atoms with van der Waals surface area (Å²) in [6.07, 6.45) is -4.48. The molecule has 1 aromatic rings.